The number of rotatable bonds is 16. The molecule has 2 rings (SSSR count). The van der Waals surface area contributed by atoms with Crippen molar-refractivity contribution in [2.24, 2.45) is 27.9 Å². The van der Waals surface area contributed by atoms with E-state index in [1.165, 1.54) is 13.8 Å². The first-order valence-electron chi connectivity index (χ1n) is 20.6. The van der Waals surface area contributed by atoms with E-state index in [-0.39, 0.29) is 51.2 Å². The zero-order valence-electron chi connectivity index (χ0n) is 35.0. The number of aliphatic hydroxyl groups is 1. The number of aliphatic imine (C=N–C) groups is 1. The molecule has 0 bridgehead atoms. The largest absolute Gasteiger partial charge is 0.394 e. The molecule has 1 aromatic carbocycles. The highest BCUT2D eigenvalue weighted by molar-refractivity contribution is 5.98. The Morgan fingerprint density at radius 1 is 0.574 bits per heavy atom. The lowest BCUT2D eigenvalue weighted by Crippen LogP contribution is -2.60. The quantitative estimate of drug-likeness (QED) is 0.0424. The van der Waals surface area contributed by atoms with E-state index in [4.69, 9.17) is 22.9 Å². The minimum Gasteiger partial charge on any atom is -0.394 e. The van der Waals surface area contributed by atoms with Gasteiger partial charge in [0.1, 0.15) is 42.3 Å². The van der Waals surface area contributed by atoms with Gasteiger partial charge < -0.3 is 70.6 Å². The first-order chi connectivity index (χ1) is 29.1. The molecule has 1 heterocycles. The number of guanidine groups is 1. The van der Waals surface area contributed by atoms with Gasteiger partial charge in [-0.2, -0.15) is 0 Å². The molecule has 0 spiro atoms. The molecule has 1 fully saturated rings. The third kappa shape index (κ3) is 19.4. The minimum absolute atomic E-state index is 0.0126. The summed E-state index contributed by atoms with van der Waals surface area (Å²) >= 11 is 0. The molecule has 1 saturated heterocycles. The average molecular weight is 860 g/mol. The van der Waals surface area contributed by atoms with Crippen LogP contribution in [0.15, 0.2) is 35.3 Å². The number of nitrogens with zero attached hydrogens (tertiary/aromatic N) is 1. The molecule has 1 aliphatic heterocycles. The standard InChI is InChI=1S/C39H65N13O9/c1-23-32(55)45-21-31(54)48-26(13-6-8-18-40)35(58)50-28(15-10-20-44-39(42)43)36(59)49-27(14-7-9-19-41)37(60)52-30(22-53)38(61)51-29(17-16-25-11-4-3-5-12-25)34(57)47-24(2)33(56)46-23/h3-5,11-12,23-24,26-30,53H,6-10,13-22,40-41H2,1-2H3,(H,45,55)(H,46,56)(H,47,57)(H,48,54)(H,49,59)(H,50,58)(H,51,61)(H,52,60)(H4,42,43,44)/t23-,24-,26-,27-,28-,29-,30-/m0/s1. The Labute approximate surface area is 355 Å². The van der Waals surface area contributed by atoms with E-state index in [0.717, 1.165) is 5.56 Å². The van der Waals surface area contributed by atoms with Crippen LogP contribution >= 0.6 is 0 Å². The molecule has 1 aliphatic rings. The Hall–Kier alpha value is -5.87. The molecule has 0 saturated carbocycles. The Balaban J connectivity index is 2.55. The van der Waals surface area contributed by atoms with Gasteiger partial charge in [0.25, 0.3) is 0 Å². The summed E-state index contributed by atoms with van der Waals surface area (Å²) in [5.41, 5.74) is 23.1. The maximum Gasteiger partial charge on any atom is 0.245 e. The van der Waals surface area contributed by atoms with E-state index >= 15 is 0 Å². The van der Waals surface area contributed by atoms with Crippen LogP contribution in [0, 0.1) is 0 Å². The summed E-state index contributed by atoms with van der Waals surface area (Å²) in [5, 5.41) is 30.6. The number of amides is 8. The molecule has 22 nitrogen and oxygen atoms in total. The number of nitrogens with two attached hydrogens (primary N) is 4. The number of nitrogens with one attached hydrogen (secondary N) is 8. The number of carbonyl (C=O) groups excluding carboxylic acids is 8. The van der Waals surface area contributed by atoms with Crippen LogP contribution < -0.4 is 65.5 Å². The van der Waals surface area contributed by atoms with E-state index in [1.807, 2.05) is 18.2 Å². The topological polar surface area (TPSA) is 369 Å². The van der Waals surface area contributed by atoms with Crippen molar-refractivity contribution in [3.63, 3.8) is 0 Å². The molecule has 7 atom stereocenters. The van der Waals surface area contributed by atoms with Crippen molar-refractivity contribution >= 4 is 53.2 Å². The number of benzene rings is 1. The van der Waals surface area contributed by atoms with Gasteiger partial charge in [0.05, 0.1) is 13.2 Å². The summed E-state index contributed by atoms with van der Waals surface area (Å²) in [6, 6.07) is 0.0829. The van der Waals surface area contributed by atoms with Crippen molar-refractivity contribution in [2.75, 3.05) is 32.8 Å². The summed E-state index contributed by atoms with van der Waals surface area (Å²) in [5.74, 6) is -6.51. The Morgan fingerprint density at radius 3 is 1.54 bits per heavy atom. The van der Waals surface area contributed by atoms with Crippen LogP contribution in [-0.4, -0.2) is 133 Å². The van der Waals surface area contributed by atoms with Gasteiger partial charge in [-0.1, -0.05) is 30.3 Å². The van der Waals surface area contributed by atoms with Gasteiger partial charge in [-0.15, -0.1) is 0 Å². The fraction of sp³-hybridized carbons (Fsp3) is 0.615. The lowest BCUT2D eigenvalue weighted by atomic mass is 10.0. The van der Waals surface area contributed by atoms with Crippen LogP contribution in [0.2, 0.25) is 0 Å². The van der Waals surface area contributed by atoms with Gasteiger partial charge in [0.2, 0.25) is 47.3 Å². The smallest absolute Gasteiger partial charge is 0.245 e. The van der Waals surface area contributed by atoms with Crippen molar-refractivity contribution in [3.05, 3.63) is 35.9 Å². The maximum absolute atomic E-state index is 13.9. The molecule has 17 N–H and O–H groups in total. The van der Waals surface area contributed by atoms with Gasteiger partial charge in [-0.3, -0.25) is 43.3 Å². The third-order valence-electron chi connectivity index (χ3n) is 9.70. The second-order valence-electron chi connectivity index (χ2n) is 14.8. The highest BCUT2D eigenvalue weighted by Crippen LogP contribution is 2.09. The fourth-order valence-electron chi connectivity index (χ4n) is 6.15. The van der Waals surface area contributed by atoms with E-state index in [0.29, 0.717) is 38.6 Å². The van der Waals surface area contributed by atoms with Crippen molar-refractivity contribution in [1.29, 1.82) is 0 Å². The van der Waals surface area contributed by atoms with Crippen LogP contribution in [0.3, 0.4) is 0 Å². The lowest BCUT2D eigenvalue weighted by Gasteiger charge is -2.27. The fourth-order valence-corrected chi connectivity index (χ4v) is 6.15. The van der Waals surface area contributed by atoms with E-state index < -0.39 is 103 Å². The Morgan fingerprint density at radius 2 is 1.02 bits per heavy atom. The Bertz CT molecular complexity index is 1650. The molecular weight excluding hydrogens is 795 g/mol. The van der Waals surface area contributed by atoms with Crippen molar-refractivity contribution in [3.8, 4) is 0 Å². The molecule has 61 heavy (non-hydrogen) atoms. The molecule has 8 amide bonds. The van der Waals surface area contributed by atoms with Gasteiger partial charge in [-0.25, -0.2) is 0 Å². The number of hydrogen-bond donors (Lipinski definition) is 13. The predicted octanol–water partition coefficient (Wildman–Crippen LogP) is -4.51. The van der Waals surface area contributed by atoms with Crippen LogP contribution in [0.25, 0.3) is 0 Å². The average Bonchev–Trinajstić information content (AvgIpc) is 3.23. The van der Waals surface area contributed by atoms with E-state index in [2.05, 4.69) is 47.5 Å². The maximum atomic E-state index is 13.9. The number of unbranched alkanes of at least 4 members (excludes halogenated alkanes) is 2. The monoisotopic (exact) mass is 860 g/mol. The second-order valence-corrected chi connectivity index (χ2v) is 14.8. The molecule has 0 aliphatic carbocycles. The molecule has 22 heteroatoms. The number of hydrogen-bond acceptors (Lipinski definition) is 12. The zero-order valence-corrected chi connectivity index (χ0v) is 35.0. The summed E-state index contributed by atoms with van der Waals surface area (Å²) in [6.45, 7) is 1.93. The van der Waals surface area contributed by atoms with E-state index in [1.54, 1.807) is 12.1 Å². The first-order valence-corrected chi connectivity index (χ1v) is 20.6. The summed E-state index contributed by atoms with van der Waals surface area (Å²) < 4.78 is 0. The molecule has 0 unspecified atom stereocenters. The van der Waals surface area contributed by atoms with Gasteiger partial charge in [0.15, 0.2) is 5.96 Å². The summed E-state index contributed by atoms with van der Waals surface area (Å²) in [4.78, 5) is 112. The predicted molar refractivity (Wildman–Crippen MR) is 225 cm³/mol. The first kappa shape index (κ1) is 51.3. The lowest BCUT2D eigenvalue weighted by molar-refractivity contribution is -0.136. The normalized spacial score (nSPS) is 24.3. The highest BCUT2D eigenvalue weighted by Gasteiger charge is 2.33. The van der Waals surface area contributed by atoms with Crippen molar-refractivity contribution in [2.45, 2.75) is 120 Å². The number of carbonyl (C=O) groups is 8. The molecular formula is C39H65N13O9. The second kappa shape index (κ2) is 27.8. The molecule has 340 valence electrons. The molecule has 0 aromatic heterocycles. The number of aryl methyl sites for hydroxylation is 1. The van der Waals surface area contributed by atoms with Crippen molar-refractivity contribution < 1.29 is 43.5 Å². The molecule has 1 aromatic rings. The minimum atomic E-state index is -1.59. The van der Waals surface area contributed by atoms with Gasteiger partial charge >= 0.3 is 0 Å². The van der Waals surface area contributed by atoms with Gasteiger partial charge in [0, 0.05) is 6.54 Å². The van der Waals surface area contributed by atoms with Crippen LogP contribution in [0.5, 0.6) is 0 Å². The van der Waals surface area contributed by atoms with Gasteiger partial charge in [-0.05, 0) is 96.7 Å². The number of aliphatic hydroxyl groups excluding tert-OH is 1. The SMILES string of the molecule is C[C@@H]1NC(=O)[C@H](C)NC(=O)[C@H](CCc2ccccc2)NC(=O)[C@H](CO)NC(=O)[C@H](CCCCN)NC(=O)[C@H](CCCN=C(N)N)NC(=O)[C@H](CCCCN)NC(=O)CNC1=O. The zero-order chi connectivity index (χ0) is 45.3. The summed E-state index contributed by atoms with van der Waals surface area (Å²) in [7, 11) is 0. The highest BCUT2D eigenvalue weighted by atomic mass is 16.3. The molecule has 0 radical (unpaired) electrons. The third-order valence-corrected chi connectivity index (χ3v) is 9.70. The van der Waals surface area contributed by atoms with Crippen LogP contribution in [0.1, 0.15) is 77.2 Å². The Kier molecular flexibility index (Phi) is 23.4. The summed E-state index contributed by atoms with van der Waals surface area (Å²) in [6.07, 6.45) is 2.48. The van der Waals surface area contributed by atoms with Crippen LogP contribution in [0.4, 0.5) is 0 Å². The van der Waals surface area contributed by atoms with E-state index in [9.17, 15) is 43.5 Å². The van der Waals surface area contributed by atoms with Crippen molar-refractivity contribution in [1.82, 2.24) is 42.5 Å². The van der Waals surface area contributed by atoms with Crippen LogP contribution in [-0.2, 0) is 44.8 Å².